The number of hydrogen-bond donors (Lipinski definition) is 2. The van der Waals surface area contributed by atoms with Crippen molar-refractivity contribution in [2.24, 2.45) is 11.7 Å². The van der Waals surface area contributed by atoms with E-state index in [9.17, 15) is 14.7 Å². The van der Waals surface area contributed by atoms with Crippen molar-refractivity contribution in [3.63, 3.8) is 0 Å². The second-order valence-electron chi connectivity index (χ2n) is 12.9. The maximum absolute atomic E-state index is 13.3. The Morgan fingerprint density at radius 1 is 1.02 bits per heavy atom. The zero-order chi connectivity index (χ0) is 29.7. The lowest BCUT2D eigenvalue weighted by atomic mass is 9.88. The molecule has 0 radical (unpaired) electrons. The van der Waals surface area contributed by atoms with Crippen molar-refractivity contribution in [1.29, 1.82) is 0 Å². The van der Waals surface area contributed by atoms with Crippen LogP contribution in [0.5, 0.6) is 0 Å². The molecule has 5 heterocycles. The molecule has 226 valence electrons. The molecule has 2 aliphatic heterocycles. The Morgan fingerprint density at radius 3 is 2.58 bits per heavy atom. The largest absolute Gasteiger partial charge is 0.396 e. The lowest BCUT2D eigenvalue weighted by Crippen LogP contribution is -2.45. The number of fused-ring (bicyclic) bond motifs is 2. The number of likely N-dealkylation sites (tertiary alicyclic amines) is 2. The summed E-state index contributed by atoms with van der Waals surface area (Å²) in [4.78, 5) is 29.5. The first kappa shape index (κ1) is 28.1. The van der Waals surface area contributed by atoms with Crippen molar-refractivity contribution >= 4 is 28.2 Å². The first-order valence-corrected chi connectivity index (χ1v) is 16.0. The maximum Gasteiger partial charge on any atom is 0.255 e. The monoisotopic (exact) mass is 582 g/mol. The Labute approximate surface area is 252 Å². The molecule has 1 saturated carbocycles. The molecule has 0 bridgehead atoms. The van der Waals surface area contributed by atoms with E-state index in [-0.39, 0.29) is 30.9 Å². The fourth-order valence-electron chi connectivity index (χ4n) is 7.24. The zero-order valence-corrected chi connectivity index (χ0v) is 25.0. The van der Waals surface area contributed by atoms with Gasteiger partial charge in [-0.3, -0.25) is 9.59 Å². The van der Waals surface area contributed by atoms with Crippen molar-refractivity contribution < 1.29 is 14.7 Å². The van der Waals surface area contributed by atoms with Gasteiger partial charge >= 0.3 is 0 Å². The molecule has 4 aromatic rings. The SMILES string of the molecule is Cc1c(-c2cc3cccc(C4CCN(C(=O)CCO)CC4)c3n2CC2CC2)nn2cc(C(=O)N3CCC[C@@H](N)C3)ccc12. The van der Waals surface area contributed by atoms with Gasteiger partial charge in [0.25, 0.3) is 5.91 Å². The van der Waals surface area contributed by atoms with Crippen molar-refractivity contribution in [3.8, 4) is 11.4 Å². The van der Waals surface area contributed by atoms with Crippen molar-refractivity contribution in [3.05, 3.63) is 59.3 Å². The molecule has 43 heavy (non-hydrogen) atoms. The van der Waals surface area contributed by atoms with Crippen LogP contribution in [0.4, 0.5) is 0 Å². The summed E-state index contributed by atoms with van der Waals surface area (Å²) >= 11 is 0. The number of para-hydroxylation sites is 1. The Kier molecular flexibility index (Phi) is 7.47. The minimum atomic E-state index is -0.0945. The summed E-state index contributed by atoms with van der Waals surface area (Å²) in [6, 6.07) is 12.9. The maximum atomic E-state index is 13.3. The second-order valence-corrected chi connectivity index (χ2v) is 12.9. The highest BCUT2D eigenvalue weighted by molar-refractivity contribution is 5.95. The molecule has 3 N–H and O–H groups in total. The van der Waals surface area contributed by atoms with Gasteiger partial charge < -0.3 is 25.2 Å². The van der Waals surface area contributed by atoms with Crippen LogP contribution in [0.25, 0.3) is 27.8 Å². The van der Waals surface area contributed by atoms with Gasteiger partial charge in [0.05, 0.1) is 28.9 Å². The highest BCUT2D eigenvalue weighted by Gasteiger charge is 2.30. The van der Waals surface area contributed by atoms with Crippen LogP contribution >= 0.6 is 0 Å². The van der Waals surface area contributed by atoms with E-state index in [0.29, 0.717) is 23.9 Å². The number of benzene rings is 1. The smallest absolute Gasteiger partial charge is 0.255 e. The van der Waals surface area contributed by atoms with Gasteiger partial charge in [0.15, 0.2) is 0 Å². The molecule has 1 aromatic carbocycles. The quantitative estimate of drug-likeness (QED) is 0.337. The molecule has 2 amide bonds. The van der Waals surface area contributed by atoms with Gasteiger partial charge in [-0.2, -0.15) is 5.10 Å². The lowest BCUT2D eigenvalue weighted by Gasteiger charge is -2.32. The summed E-state index contributed by atoms with van der Waals surface area (Å²) in [6.45, 7) is 5.80. The average Bonchev–Trinajstić information content (AvgIpc) is 3.69. The first-order chi connectivity index (χ1) is 20.9. The molecule has 0 unspecified atom stereocenters. The van der Waals surface area contributed by atoms with E-state index in [1.165, 1.54) is 29.3 Å². The number of pyridine rings is 1. The number of piperidine rings is 2. The minimum absolute atomic E-state index is 0.0170. The zero-order valence-electron chi connectivity index (χ0n) is 25.0. The Balaban J connectivity index is 1.25. The fourth-order valence-corrected chi connectivity index (χ4v) is 7.24. The highest BCUT2D eigenvalue weighted by atomic mass is 16.3. The van der Waals surface area contributed by atoms with E-state index in [1.54, 1.807) is 0 Å². The first-order valence-electron chi connectivity index (χ1n) is 16.0. The second kappa shape index (κ2) is 11.4. The van der Waals surface area contributed by atoms with Gasteiger partial charge in [-0.25, -0.2) is 4.52 Å². The van der Waals surface area contributed by atoms with Crippen molar-refractivity contribution in [2.75, 3.05) is 32.8 Å². The van der Waals surface area contributed by atoms with Crippen LogP contribution in [0, 0.1) is 12.8 Å². The predicted octanol–water partition coefficient (Wildman–Crippen LogP) is 4.33. The van der Waals surface area contributed by atoms with Crippen LogP contribution in [0.15, 0.2) is 42.6 Å². The van der Waals surface area contributed by atoms with Crippen LogP contribution in [0.1, 0.15) is 72.3 Å². The molecule has 3 aliphatic rings. The third-order valence-electron chi connectivity index (χ3n) is 9.81. The number of aromatic nitrogens is 3. The van der Waals surface area contributed by atoms with Gasteiger partial charge in [-0.05, 0) is 81.0 Å². The highest BCUT2D eigenvalue weighted by Crippen LogP contribution is 2.41. The van der Waals surface area contributed by atoms with Gasteiger partial charge in [-0.15, -0.1) is 0 Å². The molecule has 7 rings (SSSR count). The Morgan fingerprint density at radius 2 is 1.84 bits per heavy atom. The van der Waals surface area contributed by atoms with E-state index in [2.05, 4.69) is 35.8 Å². The van der Waals surface area contributed by atoms with Crippen LogP contribution in [0.3, 0.4) is 0 Å². The molecule has 3 fully saturated rings. The number of aliphatic hydroxyl groups is 1. The summed E-state index contributed by atoms with van der Waals surface area (Å²) < 4.78 is 4.38. The standard InChI is InChI=1S/C34H42N6O3/c1-22-29-10-9-26(34(43)38-14-3-5-27(35)21-38)20-40(29)36-32(22)30-18-25-4-2-6-28(33(25)39(30)19-23-7-8-23)24-11-15-37(16-12-24)31(42)13-17-41/h2,4,6,9-10,18,20,23-24,27,41H,3,5,7-8,11-17,19,21,35H2,1H3/t27-/m1/s1. The van der Waals surface area contributed by atoms with E-state index in [1.807, 2.05) is 32.6 Å². The minimum Gasteiger partial charge on any atom is -0.396 e. The Hall–Kier alpha value is -3.69. The normalized spacial score (nSPS) is 19.9. The van der Waals surface area contributed by atoms with Gasteiger partial charge in [0.2, 0.25) is 5.91 Å². The van der Waals surface area contributed by atoms with E-state index >= 15 is 0 Å². The fraction of sp³-hybridized carbons (Fsp3) is 0.500. The van der Waals surface area contributed by atoms with Gasteiger partial charge in [-0.1, -0.05) is 18.2 Å². The predicted molar refractivity (Wildman–Crippen MR) is 167 cm³/mol. The average molecular weight is 583 g/mol. The molecule has 0 spiro atoms. The molecular formula is C34H42N6O3. The van der Waals surface area contributed by atoms with Crippen LogP contribution in [-0.2, 0) is 11.3 Å². The van der Waals surface area contributed by atoms with E-state index in [0.717, 1.165) is 74.3 Å². The van der Waals surface area contributed by atoms with Crippen molar-refractivity contribution in [1.82, 2.24) is 24.0 Å². The third-order valence-corrected chi connectivity index (χ3v) is 9.81. The van der Waals surface area contributed by atoms with Crippen LogP contribution < -0.4 is 5.73 Å². The number of amides is 2. The van der Waals surface area contributed by atoms with Gasteiger partial charge in [0.1, 0.15) is 5.69 Å². The molecule has 2 saturated heterocycles. The topological polar surface area (TPSA) is 109 Å². The molecule has 3 aromatic heterocycles. The molecule has 9 heteroatoms. The number of carbonyl (C=O) groups is 2. The molecule has 9 nitrogen and oxygen atoms in total. The number of rotatable bonds is 7. The third kappa shape index (κ3) is 5.33. The molecule has 1 atom stereocenters. The number of carbonyl (C=O) groups excluding carboxylic acids is 2. The summed E-state index contributed by atoms with van der Waals surface area (Å²) in [5.74, 6) is 1.12. The lowest BCUT2D eigenvalue weighted by molar-refractivity contribution is -0.132. The number of nitrogens with two attached hydrogens (primary N) is 1. The van der Waals surface area contributed by atoms with Crippen molar-refractivity contribution in [2.45, 2.75) is 70.4 Å². The Bertz CT molecular complexity index is 1680. The number of nitrogens with zero attached hydrogens (tertiary/aromatic N) is 5. The van der Waals surface area contributed by atoms with E-state index < -0.39 is 0 Å². The number of aryl methyl sites for hydroxylation is 1. The summed E-state index contributed by atoms with van der Waals surface area (Å²) in [5.41, 5.74) is 13.6. The van der Waals surface area contributed by atoms with Gasteiger partial charge in [0, 0.05) is 62.3 Å². The van der Waals surface area contributed by atoms with E-state index in [4.69, 9.17) is 10.8 Å². The molecular weight excluding hydrogens is 540 g/mol. The number of aliphatic hydroxyl groups excluding tert-OH is 1. The van der Waals surface area contributed by atoms with Crippen LogP contribution in [0.2, 0.25) is 0 Å². The molecule has 1 aliphatic carbocycles. The number of hydrogen-bond acceptors (Lipinski definition) is 5. The van der Waals surface area contributed by atoms with Crippen LogP contribution in [-0.4, -0.2) is 79.7 Å². The summed E-state index contributed by atoms with van der Waals surface area (Å²) in [5, 5.41) is 15.5. The summed E-state index contributed by atoms with van der Waals surface area (Å²) in [7, 11) is 0. The summed E-state index contributed by atoms with van der Waals surface area (Å²) in [6.07, 6.45) is 8.33.